The van der Waals surface area contributed by atoms with Gasteiger partial charge in [0.1, 0.15) is 6.61 Å². The number of aromatic nitrogens is 1. The molecule has 1 aromatic heterocycles. The van der Waals surface area contributed by atoms with Gasteiger partial charge in [-0.1, -0.05) is 12.1 Å². The highest BCUT2D eigenvalue weighted by atomic mass is 16.5. The molecule has 6 heteroatoms. The molecule has 3 N–H and O–H groups in total. The predicted octanol–water partition coefficient (Wildman–Crippen LogP) is 1.06. The summed E-state index contributed by atoms with van der Waals surface area (Å²) in [6.45, 7) is 10.5. The van der Waals surface area contributed by atoms with Crippen LogP contribution in [0.3, 0.4) is 0 Å². The summed E-state index contributed by atoms with van der Waals surface area (Å²) in [5, 5.41) is 18.8. The Labute approximate surface area is 113 Å². The molecule has 1 amide bonds. The van der Waals surface area contributed by atoms with E-state index in [2.05, 4.69) is 15.8 Å². The number of aliphatic hydroxyl groups is 1. The third-order valence-corrected chi connectivity index (χ3v) is 3.55. The molecule has 0 unspecified atom stereocenters. The molecular formula is C13H23N3O3. The Bertz CT molecular complexity index is 438. The summed E-state index contributed by atoms with van der Waals surface area (Å²) in [5.41, 5.74) is -0.580. The van der Waals surface area contributed by atoms with Crippen LogP contribution in [0.2, 0.25) is 0 Å². The van der Waals surface area contributed by atoms with E-state index < -0.39 is 5.54 Å². The number of nitrogens with zero attached hydrogens (tertiary/aromatic N) is 1. The number of hydrogen-bond acceptors (Lipinski definition) is 5. The molecule has 1 aromatic rings. The third kappa shape index (κ3) is 3.54. The molecule has 0 fully saturated rings. The summed E-state index contributed by atoms with van der Waals surface area (Å²) < 4.78 is 4.81. The zero-order valence-corrected chi connectivity index (χ0v) is 12.2. The fraction of sp³-hybridized carbons (Fsp3) is 0.692. The van der Waals surface area contributed by atoms with Crippen LogP contribution in [0.15, 0.2) is 10.6 Å². The molecule has 0 atom stereocenters. The Balaban J connectivity index is 2.80. The quantitative estimate of drug-likeness (QED) is 0.719. The zero-order chi connectivity index (χ0) is 14.7. The van der Waals surface area contributed by atoms with Crippen LogP contribution in [0.25, 0.3) is 0 Å². The van der Waals surface area contributed by atoms with Crippen molar-refractivity contribution in [2.75, 3.05) is 6.54 Å². The number of nitrogens with one attached hydrogen (secondary N) is 2. The number of carbonyl (C=O) groups is 1. The van der Waals surface area contributed by atoms with Crippen molar-refractivity contribution in [2.24, 2.45) is 0 Å². The number of rotatable bonds is 6. The number of likely N-dealkylation sites (N-methyl/N-ethyl adjacent to an activating group) is 1. The first kappa shape index (κ1) is 15.7. The van der Waals surface area contributed by atoms with Crippen molar-refractivity contribution in [3.63, 3.8) is 0 Å². The molecule has 6 nitrogen and oxygen atoms in total. The van der Waals surface area contributed by atoms with Gasteiger partial charge in [0, 0.05) is 11.6 Å². The molecule has 0 saturated heterocycles. The smallest absolute Gasteiger partial charge is 0.273 e. The first-order valence-corrected chi connectivity index (χ1v) is 6.37. The van der Waals surface area contributed by atoms with Crippen molar-refractivity contribution in [1.29, 1.82) is 0 Å². The normalized spacial score (nSPS) is 12.5. The van der Waals surface area contributed by atoms with E-state index >= 15 is 0 Å². The second-order valence-electron chi connectivity index (χ2n) is 5.57. The lowest BCUT2D eigenvalue weighted by Crippen LogP contribution is -2.64. The monoisotopic (exact) mass is 269 g/mol. The minimum atomic E-state index is -0.474. The lowest BCUT2D eigenvalue weighted by molar-refractivity contribution is 0.0844. The maximum atomic E-state index is 12.1. The van der Waals surface area contributed by atoms with Crippen molar-refractivity contribution < 1.29 is 14.4 Å². The topological polar surface area (TPSA) is 87.4 Å². The first-order valence-electron chi connectivity index (χ1n) is 6.37. The zero-order valence-electron chi connectivity index (χ0n) is 12.2. The molecule has 0 bridgehead atoms. The van der Waals surface area contributed by atoms with Crippen LogP contribution in [-0.2, 0) is 6.61 Å². The van der Waals surface area contributed by atoms with Crippen molar-refractivity contribution in [3.8, 4) is 0 Å². The highest BCUT2D eigenvalue weighted by molar-refractivity contribution is 5.92. The Kier molecular flexibility index (Phi) is 4.70. The van der Waals surface area contributed by atoms with Gasteiger partial charge in [-0.15, -0.1) is 0 Å². The van der Waals surface area contributed by atoms with Gasteiger partial charge in [-0.25, -0.2) is 0 Å². The van der Waals surface area contributed by atoms with Crippen LogP contribution >= 0.6 is 0 Å². The summed E-state index contributed by atoms with van der Waals surface area (Å²) in [6, 6.07) is 1.44. The molecule has 0 aliphatic rings. The van der Waals surface area contributed by atoms with Crippen LogP contribution in [0.5, 0.6) is 0 Å². The van der Waals surface area contributed by atoms with Gasteiger partial charge < -0.3 is 20.3 Å². The van der Waals surface area contributed by atoms with E-state index in [0.29, 0.717) is 0 Å². The molecule has 1 heterocycles. The van der Waals surface area contributed by atoms with Crippen LogP contribution in [0, 0.1) is 0 Å². The van der Waals surface area contributed by atoms with E-state index in [-0.39, 0.29) is 29.5 Å². The van der Waals surface area contributed by atoms with Crippen molar-refractivity contribution in [2.45, 2.75) is 52.3 Å². The third-order valence-electron chi connectivity index (χ3n) is 3.55. The number of aliphatic hydroxyl groups excluding tert-OH is 1. The molecule has 108 valence electrons. The predicted molar refractivity (Wildman–Crippen MR) is 71.7 cm³/mol. The first-order chi connectivity index (χ1) is 8.73. The van der Waals surface area contributed by atoms with Gasteiger partial charge in [-0.3, -0.25) is 4.79 Å². The van der Waals surface area contributed by atoms with Gasteiger partial charge in [0.05, 0.1) is 5.54 Å². The molecule has 0 aliphatic carbocycles. The van der Waals surface area contributed by atoms with Crippen LogP contribution < -0.4 is 10.6 Å². The average molecular weight is 269 g/mol. The Morgan fingerprint density at radius 3 is 2.47 bits per heavy atom. The van der Waals surface area contributed by atoms with E-state index in [9.17, 15) is 4.79 Å². The maximum absolute atomic E-state index is 12.1. The fourth-order valence-corrected chi connectivity index (χ4v) is 1.66. The Morgan fingerprint density at radius 2 is 2.00 bits per heavy atom. The van der Waals surface area contributed by atoms with Gasteiger partial charge >= 0.3 is 0 Å². The molecule has 0 radical (unpaired) electrons. The lowest BCUT2D eigenvalue weighted by atomic mass is 9.82. The molecule has 0 aliphatic heterocycles. The molecule has 19 heavy (non-hydrogen) atoms. The van der Waals surface area contributed by atoms with E-state index in [1.54, 1.807) is 0 Å². The SMILES string of the molecule is CCNC(C)(C)C(C)(C)NC(=O)c1cc(CO)on1. The van der Waals surface area contributed by atoms with E-state index in [1.165, 1.54) is 6.07 Å². The summed E-state index contributed by atoms with van der Waals surface area (Å²) in [4.78, 5) is 12.1. The molecule has 0 saturated carbocycles. The second kappa shape index (κ2) is 5.71. The van der Waals surface area contributed by atoms with Crippen molar-refractivity contribution in [1.82, 2.24) is 15.8 Å². The second-order valence-corrected chi connectivity index (χ2v) is 5.57. The molecular weight excluding hydrogens is 246 g/mol. The summed E-state index contributed by atoms with van der Waals surface area (Å²) in [6.07, 6.45) is 0. The minimum Gasteiger partial charge on any atom is -0.388 e. The molecule has 0 aromatic carbocycles. The highest BCUT2D eigenvalue weighted by Crippen LogP contribution is 2.21. The lowest BCUT2D eigenvalue weighted by Gasteiger charge is -2.42. The van der Waals surface area contributed by atoms with Crippen molar-refractivity contribution in [3.05, 3.63) is 17.5 Å². The minimum absolute atomic E-state index is 0.171. The van der Waals surface area contributed by atoms with Crippen LogP contribution in [-0.4, -0.2) is 33.8 Å². The van der Waals surface area contributed by atoms with E-state index in [4.69, 9.17) is 9.63 Å². The standard InChI is InChI=1S/C13H23N3O3/c1-6-14-12(2,3)13(4,5)15-11(18)10-7-9(8-17)19-16-10/h7,14,17H,6,8H2,1-5H3,(H,15,18). The van der Waals surface area contributed by atoms with Crippen LogP contribution in [0.1, 0.15) is 50.9 Å². The summed E-state index contributed by atoms with van der Waals surface area (Å²) in [5.74, 6) is -0.0478. The van der Waals surface area contributed by atoms with Gasteiger partial charge in [0.2, 0.25) is 0 Å². The number of amides is 1. The average Bonchev–Trinajstić information content (AvgIpc) is 2.76. The largest absolute Gasteiger partial charge is 0.388 e. The Morgan fingerprint density at radius 1 is 1.37 bits per heavy atom. The highest BCUT2D eigenvalue weighted by Gasteiger charge is 2.38. The summed E-state index contributed by atoms with van der Waals surface area (Å²) in [7, 11) is 0. The molecule has 1 rings (SSSR count). The van der Waals surface area contributed by atoms with Gasteiger partial charge in [0.15, 0.2) is 11.5 Å². The number of carbonyl (C=O) groups excluding carboxylic acids is 1. The van der Waals surface area contributed by atoms with E-state index in [0.717, 1.165) is 6.54 Å². The van der Waals surface area contributed by atoms with Crippen molar-refractivity contribution >= 4 is 5.91 Å². The van der Waals surface area contributed by atoms with Crippen LogP contribution in [0.4, 0.5) is 0 Å². The van der Waals surface area contributed by atoms with E-state index in [1.807, 2.05) is 34.6 Å². The maximum Gasteiger partial charge on any atom is 0.273 e. The summed E-state index contributed by atoms with van der Waals surface area (Å²) >= 11 is 0. The van der Waals surface area contributed by atoms with Gasteiger partial charge in [-0.2, -0.15) is 0 Å². The van der Waals surface area contributed by atoms with Gasteiger partial charge in [-0.05, 0) is 34.2 Å². The fourth-order valence-electron chi connectivity index (χ4n) is 1.66. The Hall–Kier alpha value is -1.40. The molecule has 0 spiro atoms. The number of hydrogen-bond donors (Lipinski definition) is 3. The van der Waals surface area contributed by atoms with Gasteiger partial charge in [0.25, 0.3) is 5.91 Å².